The fraction of sp³-hybridized carbons (Fsp3) is 0.438. The number of rotatable bonds is 4. The Morgan fingerprint density at radius 3 is 2.74 bits per heavy atom. The lowest BCUT2D eigenvalue weighted by Gasteiger charge is -2.17. The Labute approximate surface area is 158 Å². The highest BCUT2D eigenvalue weighted by molar-refractivity contribution is 5.93. The van der Waals surface area contributed by atoms with Crippen LogP contribution in [-0.2, 0) is 6.18 Å². The minimum Gasteiger partial charge on any atom is -0.337 e. The lowest BCUT2D eigenvalue weighted by atomic mass is 10.1. The molecule has 148 valence electrons. The first kappa shape index (κ1) is 21.1. The molecule has 27 heavy (non-hydrogen) atoms. The zero-order chi connectivity index (χ0) is 18.9. The van der Waals surface area contributed by atoms with E-state index in [-0.39, 0.29) is 24.0 Å². The SMILES string of the molecule is CNCC1CCN(C(=O)c2nnn(-c3cccc(F)c3)c2C(F)(F)F)C1.Cl. The molecule has 1 aliphatic heterocycles. The molecule has 0 radical (unpaired) electrons. The zero-order valence-corrected chi connectivity index (χ0v) is 15.1. The number of halogens is 5. The normalized spacial score (nSPS) is 17.1. The third-order valence-corrected chi connectivity index (χ3v) is 4.26. The van der Waals surface area contributed by atoms with E-state index in [0.717, 1.165) is 12.1 Å². The maximum absolute atomic E-state index is 13.6. The molecule has 0 aliphatic carbocycles. The van der Waals surface area contributed by atoms with Crippen LogP contribution in [0.1, 0.15) is 22.6 Å². The summed E-state index contributed by atoms with van der Waals surface area (Å²) in [6.07, 6.45) is -4.17. The van der Waals surface area contributed by atoms with Crippen LogP contribution in [0.15, 0.2) is 24.3 Å². The molecule has 1 aromatic carbocycles. The van der Waals surface area contributed by atoms with Gasteiger partial charge in [-0.1, -0.05) is 11.3 Å². The summed E-state index contributed by atoms with van der Waals surface area (Å²) in [6, 6.07) is 4.53. The van der Waals surface area contributed by atoms with Crippen LogP contribution in [0.3, 0.4) is 0 Å². The molecule has 1 saturated heterocycles. The summed E-state index contributed by atoms with van der Waals surface area (Å²) < 4.78 is 54.6. The first-order chi connectivity index (χ1) is 12.3. The Bertz CT molecular complexity index is 810. The molecule has 6 nitrogen and oxygen atoms in total. The number of nitrogens with zero attached hydrogens (tertiary/aromatic N) is 4. The Kier molecular flexibility index (Phi) is 6.42. The van der Waals surface area contributed by atoms with Gasteiger partial charge in [-0.05, 0) is 44.1 Å². The Balaban J connectivity index is 0.00000261. The molecule has 1 aromatic heterocycles. The summed E-state index contributed by atoms with van der Waals surface area (Å²) in [6.45, 7) is 1.38. The van der Waals surface area contributed by atoms with Crippen molar-refractivity contribution < 1.29 is 22.4 Å². The van der Waals surface area contributed by atoms with Gasteiger partial charge >= 0.3 is 6.18 Å². The van der Waals surface area contributed by atoms with Crippen LogP contribution < -0.4 is 5.32 Å². The van der Waals surface area contributed by atoms with Gasteiger partial charge in [0.25, 0.3) is 5.91 Å². The van der Waals surface area contributed by atoms with E-state index in [2.05, 4.69) is 15.6 Å². The molecular weight excluding hydrogens is 390 g/mol. The molecule has 1 unspecified atom stereocenters. The zero-order valence-electron chi connectivity index (χ0n) is 14.3. The van der Waals surface area contributed by atoms with Crippen LogP contribution in [0.2, 0.25) is 0 Å². The average molecular weight is 408 g/mol. The lowest BCUT2D eigenvalue weighted by Crippen LogP contribution is -2.32. The van der Waals surface area contributed by atoms with Crippen molar-refractivity contribution in [3.63, 3.8) is 0 Å². The van der Waals surface area contributed by atoms with E-state index in [4.69, 9.17) is 0 Å². The van der Waals surface area contributed by atoms with Gasteiger partial charge in [0.1, 0.15) is 5.82 Å². The summed E-state index contributed by atoms with van der Waals surface area (Å²) >= 11 is 0. The molecule has 1 N–H and O–H groups in total. The number of alkyl halides is 3. The van der Waals surface area contributed by atoms with Gasteiger partial charge in [-0.2, -0.15) is 13.2 Å². The van der Waals surface area contributed by atoms with Gasteiger partial charge in [-0.3, -0.25) is 4.79 Å². The highest BCUT2D eigenvalue weighted by Gasteiger charge is 2.43. The summed E-state index contributed by atoms with van der Waals surface area (Å²) in [5.74, 6) is -1.36. The van der Waals surface area contributed by atoms with Crippen LogP contribution in [0.5, 0.6) is 0 Å². The standard InChI is InChI=1S/C16H17F4N5O.ClH/c1-21-8-10-5-6-24(9-10)15(26)13-14(16(18,19)20)25(23-22-13)12-4-2-3-11(17)7-12;/h2-4,7,10,21H,5-6,8-9H2,1H3;1H. The van der Waals surface area contributed by atoms with Crippen molar-refractivity contribution in [2.75, 3.05) is 26.7 Å². The van der Waals surface area contributed by atoms with E-state index in [9.17, 15) is 22.4 Å². The summed E-state index contributed by atoms with van der Waals surface area (Å²) in [5, 5.41) is 9.92. The molecule has 1 amide bonds. The summed E-state index contributed by atoms with van der Waals surface area (Å²) in [5.41, 5.74) is -2.23. The average Bonchev–Trinajstić information content (AvgIpc) is 3.21. The van der Waals surface area contributed by atoms with E-state index >= 15 is 0 Å². The van der Waals surface area contributed by atoms with E-state index in [1.807, 2.05) is 0 Å². The molecule has 0 saturated carbocycles. The second-order valence-electron chi connectivity index (χ2n) is 6.14. The minimum absolute atomic E-state index is 0. The van der Waals surface area contributed by atoms with Crippen molar-refractivity contribution >= 4 is 18.3 Å². The van der Waals surface area contributed by atoms with Crippen molar-refractivity contribution in [3.05, 3.63) is 41.5 Å². The minimum atomic E-state index is -4.87. The molecular formula is C16H18ClF4N5O. The monoisotopic (exact) mass is 407 g/mol. The van der Waals surface area contributed by atoms with Gasteiger partial charge in [-0.15, -0.1) is 17.5 Å². The Hall–Kier alpha value is -2.20. The largest absolute Gasteiger partial charge is 0.435 e. The van der Waals surface area contributed by atoms with Crippen LogP contribution in [0, 0.1) is 11.7 Å². The molecule has 1 aliphatic rings. The predicted octanol–water partition coefficient (Wildman–Crippen LogP) is 2.53. The Morgan fingerprint density at radius 1 is 1.37 bits per heavy atom. The van der Waals surface area contributed by atoms with Crippen molar-refractivity contribution in [1.82, 2.24) is 25.2 Å². The molecule has 0 bridgehead atoms. The highest BCUT2D eigenvalue weighted by atomic mass is 35.5. The maximum Gasteiger partial charge on any atom is 0.435 e. The van der Waals surface area contributed by atoms with Gasteiger partial charge in [0.05, 0.1) is 5.69 Å². The number of carbonyl (C=O) groups excluding carboxylic acids is 1. The van der Waals surface area contributed by atoms with Crippen LogP contribution in [0.4, 0.5) is 17.6 Å². The smallest absolute Gasteiger partial charge is 0.337 e. The number of hydrogen-bond acceptors (Lipinski definition) is 4. The maximum atomic E-state index is 13.6. The van der Waals surface area contributed by atoms with Crippen molar-refractivity contribution in [2.24, 2.45) is 5.92 Å². The fourth-order valence-corrected chi connectivity index (χ4v) is 3.09. The van der Waals surface area contributed by atoms with Crippen LogP contribution in [-0.4, -0.2) is 52.5 Å². The van der Waals surface area contributed by atoms with Crippen LogP contribution in [0.25, 0.3) is 5.69 Å². The molecule has 3 rings (SSSR count). The van der Waals surface area contributed by atoms with Gasteiger partial charge in [0, 0.05) is 13.1 Å². The third-order valence-electron chi connectivity index (χ3n) is 4.26. The number of nitrogens with one attached hydrogen (secondary N) is 1. The highest BCUT2D eigenvalue weighted by Crippen LogP contribution is 2.33. The summed E-state index contributed by atoms with van der Waals surface area (Å²) in [4.78, 5) is 13.9. The predicted molar refractivity (Wildman–Crippen MR) is 91.5 cm³/mol. The van der Waals surface area contributed by atoms with E-state index in [1.54, 1.807) is 7.05 Å². The second kappa shape index (κ2) is 8.22. The number of hydrogen-bond donors (Lipinski definition) is 1. The molecule has 0 spiro atoms. The first-order valence-electron chi connectivity index (χ1n) is 8.04. The number of likely N-dealkylation sites (tertiary alicyclic amines) is 1. The molecule has 2 heterocycles. The first-order valence-corrected chi connectivity index (χ1v) is 8.04. The van der Waals surface area contributed by atoms with Crippen molar-refractivity contribution in [2.45, 2.75) is 12.6 Å². The molecule has 2 aromatic rings. The van der Waals surface area contributed by atoms with Gasteiger partial charge in [0.2, 0.25) is 0 Å². The number of aromatic nitrogens is 3. The Morgan fingerprint density at radius 2 is 2.11 bits per heavy atom. The quantitative estimate of drug-likeness (QED) is 0.791. The second-order valence-corrected chi connectivity index (χ2v) is 6.14. The van der Waals surface area contributed by atoms with E-state index in [1.165, 1.54) is 17.0 Å². The van der Waals surface area contributed by atoms with Crippen molar-refractivity contribution in [3.8, 4) is 5.69 Å². The van der Waals surface area contributed by atoms with Gasteiger partial charge in [-0.25, -0.2) is 9.07 Å². The molecule has 11 heteroatoms. The van der Waals surface area contributed by atoms with E-state index < -0.39 is 29.3 Å². The van der Waals surface area contributed by atoms with Gasteiger partial charge in [0.15, 0.2) is 11.4 Å². The van der Waals surface area contributed by atoms with E-state index in [0.29, 0.717) is 30.7 Å². The third kappa shape index (κ3) is 4.38. The van der Waals surface area contributed by atoms with Gasteiger partial charge < -0.3 is 10.2 Å². The topological polar surface area (TPSA) is 63.1 Å². The fourth-order valence-electron chi connectivity index (χ4n) is 3.09. The lowest BCUT2D eigenvalue weighted by molar-refractivity contribution is -0.143. The molecule has 1 fully saturated rings. The van der Waals surface area contributed by atoms with Crippen LogP contribution >= 0.6 is 12.4 Å². The number of carbonyl (C=O) groups is 1. The van der Waals surface area contributed by atoms with Crippen molar-refractivity contribution in [1.29, 1.82) is 0 Å². The number of amides is 1. The number of benzene rings is 1. The molecule has 1 atom stereocenters. The summed E-state index contributed by atoms with van der Waals surface area (Å²) in [7, 11) is 1.77.